The topological polar surface area (TPSA) is 69.7 Å². The van der Waals surface area contributed by atoms with Gasteiger partial charge in [0.05, 0.1) is 24.3 Å². The first-order valence-corrected chi connectivity index (χ1v) is 8.66. The fourth-order valence-electron chi connectivity index (χ4n) is 2.82. The number of hydrogen-bond donors (Lipinski definition) is 1. The normalized spacial score (nSPS) is 15.3. The summed E-state index contributed by atoms with van der Waals surface area (Å²) in [5, 5.41) is 2.19. The number of anilines is 1. The summed E-state index contributed by atoms with van der Waals surface area (Å²) < 4.78 is 38.9. The molecule has 148 valence electrons. The molecule has 0 unspecified atom stereocenters. The first-order chi connectivity index (χ1) is 12.7. The fourth-order valence-corrected chi connectivity index (χ4v) is 2.82. The van der Waals surface area contributed by atoms with E-state index in [4.69, 9.17) is 0 Å². The third kappa shape index (κ3) is 5.97. The number of hydrogen-bond acceptors (Lipinski definition) is 3. The number of alkyl halides is 3. The molecular weight excluding hydrogens is 363 g/mol. The Bertz CT molecular complexity index is 707. The molecule has 2 rings (SSSR count). The number of benzene rings is 1. The Balaban J connectivity index is 1.93. The second-order valence-electron chi connectivity index (χ2n) is 6.47. The van der Waals surface area contributed by atoms with Gasteiger partial charge < -0.3 is 15.1 Å². The number of likely N-dealkylation sites (tertiary alicyclic amines) is 1. The zero-order valence-corrected chi connectivity index (χ0v) is 15.0. The van der Waals surface area contributed by atoms with Crippen LogP contribution in [0.2, 0.25) is 0 Å². The van der Waals surface area contributed by atoms with Crippen LogP contribution in [0.3, 0.4) is 0 Å². The van der Waals surface area contributed by atoms with Gasteiger partial charge in [0.25, 0.3) is 0 Å². The first kappa shape index (κ1) is 20.7. The van der Waals surface area contributed by atoms with Crippen LogP contribution in [0, 0.1) is 0 Å². The maximum Gasteiger partial charge on any atom is 0.418 e. The van der Waals surface area contributed by atoms with E-state index in [-0.39, 0.29) is 18.1 Å². The molecule has 0 aromatic heterocycles. The lowest BCUT2D eigenvalue weighted by molar-refractivity contribution is -0.140. The van der Waals surface area contributed by atoms with E-state index in [1.165, 1.54) is 24.1 Å². The van der Waals surface area contributed by atoms with Crippen LogP contribution in [-0.2, 0) is 20.6 Å². The predicted molar refractivity (Wildman–Crippen MR) is 92.8 cm³/mol. The number of para-hydroxylation sites is 1. The zero-order chi connectivity index (χ0) is 20.0. The third-order valence-corrected chi connectivity index (χ3v) is 4.31. The zero-order valence-electron chi connectivity index (χ0n) is 15.0. The molecule has 1 heterocycles. The van der Waals surface area contributed by atoms with Gasteiger partial charge in [0.15, 0.2) is 0 Å². The van der Waals surface area contributed by atoms with Gasteiger partial charge in [-0.25, -0.2) is 0 Å². The summed E-state index contributed by atoms with van der Waals surface area (Å²) in [6.07, 6.45) is -1.67. The van der Waals surface area contributed by atoms with Crippen molar-refractivity contribution >= 4 is 23.4 Å². The summed E-state index contributed by atoms with van der Waals surface area (Å²) in [5.74, 6) is -1.29. The van der Waals surface area contributed by atoms with E-state index in [1.807, 2.05) is 0 Å². The summed E-state index contributed by atoms with van der Waals surface area (Å²) in [5.41, 5.74) is -1.32. The number of likely N-dealkylation sites (N-methyl/N-ethyl adjacent to an activating group) is 1. The highest BCUT2D eigenvalue weighted by Gasteiger charge is 2.33. The van der Waals surface area contributed by atoms with Crippen molar-refractivity contribution in [2.45, 2.75) is 31.9 Å². The molecule has 27 heavy (non-hydrogen) atoms. The lowest BCUT2D eigenvalue weighted by Crippen LogP contribution is -2.43. The van der Waals surface area contributed by atoms with Crippen LogP contribution >= 0.6 is 0 Å². The smallest absolute Gasteiger partial charge is 0.335 e. The Labute approximate surface area is 155 Å². The molecule has 1 aliphatic rings. The highest BCUT2D eigenvalue weighted by atomic mass is 19.4. The Hall–Kier alpha value is -2.58. The number of rotatable bonds is 5. The Kier molecular flexibility index (Phi) is 6.81. The SMILES string of the molecule is CN(CC(=O)Nc1ccccc1C(F)(F)F)C(=O)CN1CCCCCC1=O. The number of carbonyl (C=O) groups excluding carboxylic acids is 3. The molecule has 0 spiro atoms. The van der Waals surface area contributed by atoms with Crippen molar-refractivity contribution < 1.29 is 27.6 Å². The average Bonchev–Trinajstić information content (AvgIpc) is 2.79. The Morgan fingerprint density at radius 2 is 1.89 bits per heavy atom. The fraction of sp³-hybridized carbons (Fsp3) is 0.500. The van der Waals surface area contributed by atoms with E-state index in [0.717, 1.165) is 36.3 Å². The summed E-state index contributed by atoms with van der Waals surface area (Å²) in [6, 6.07) is 4.63. The molecule has 1 aliphatic heterocycles. The van der Waals surface area contributed by atoms with E-state index in [1.54, 1.807) is 0 Å². The monoisotopic (exact) mass is 385 g/mol. The van der Waals surface area contributed by atoms with Crippen molar-refractivity contribution in [2.75, 3.05) is 32.0 Å². The number of amides is 3. The molecule has 0 radical (unpaired) electrons. The number of nitrogens with zero attached hydrogens (tertiary/aromatic N) is 2. The van der Waals surface area contributed by atoms with Crippen molar-refractivity contribution in [2.24, 2.45) is 0 Å². The summed E-state index contributed by atoms with van der Waals surface area (Å²) in [7, 11) is 1.37. The molecule has 1 aromatic carbocycles. The van der Waals surface area contributed by atoms with Crippen LogP contribution in [0.1, 0.15) is 31.2 Å². The highest BCUT2D eigenvalue weighted by Crippen LogP contribution is 2.34. The van der Waals surface area contributed by atoms with Crippen LogP contribution in [0.4, 0.5) is 18.9 Å². The van der Waals surface area contributed by atoms with Crippen molar-refractivity contribution in [1.29, 1.82) is 0 Å². The van der Waals surface area contributed by atoms with E-state index < -0.39 is 30.1 Å². The van der Waals surface area contributed by atoms with E-state index >= 15 is 0 Å². The molecule has 9 heteroatoms. The minimum atomic E-state index is -4.60. The quantitative estimate of drug-likeness (QED) is 0.847. The highest BCUT2D eigenvalue weighted by molar-refractivity contribution is 5.95. The number of carbonyl (C=O) groups is 3. The lowest BCUT2D eigenvalue weighted by atomic mass is 10.1. The van der Waals surface area contributed by atoms with Crippen molar-refractivity contribution in [3.8, 4) is 0 Å². The molecule has 0 atom stereocenters. The van der Waals surface area contributed by atoms with Gasteiger partial charge in [-0.2, -0.15) is 13.2 Å². The van der Waals surface area contributed by atoms with E-state index in [9.17, 15) is 27.6 Å². The maximum absolute atomic E-state index is 13.0. The van der Waals surface area contributed by atoms with Gasteiger partial charge in [-0.15, -0.1) is 0 Å². The molecule has 3 amide bonds. The van der Waals surface area contributed by atoms with Crippen molar-refractivity contribution in [1.82, 2.24) is 9.80 Å². The van der Waals surface area contributed by atoms with Crippen molar-refractivity contribution in [3.05, 3.63) is 29.8 Å². The standard InChI is InChI=1S/C18H22F3N3O3/c1-23(17(27)12-24-10-6-2-3-9-16(24)26)11-15(25)22-14-8-5-4-7-13(14)18(19,20)21/h4-5,7-8H,2-3,6,9-12H2,1H3,(H,22,25). The summed E-state index contributed by atoms with van der Waals surface area (Å²) in [4.78, 5) is 38.8. The van der Waals surface area contributed by atoms with Gasteiger partial charge in [0.2, 0.25) is 17.7 Å². The van der Waals surface area contributed by atoms with E-state index in [0.29, 0.717) is 13.0 Å². The Morgan fingerprint density at radius 3 is 2.59 bits per heavy atom. The number of halogens is 3. The molecule has 0 saturated carbocycles. The molecule has 0 bridgehead atoms. The van der Waals surface area contributed by atoms with Gasteiger partial charge in [0, 0.05) is 20.0 Å². The van der Waals surface area contributed by atoms with Crippen LogP contribution in [-0.4, -0.2) is 54.2 Å². The molecule has 1 fully saturated rings. The molecule has 1 aromatic rings. The lowest BCUT2D eigenvalue weighted by Gasteiger charge is -2.24. The maximum atomic E-state index is 13.0. The summed E-state index contributed by atoms with van der Waals surface area (Å²) in [6.45, 7) is -0.0572. The molecule has 1 saturated heterocycles. The van der Waals surface area contributed by atoms with Crippen LogP contribution in [0.25, 0.3) is 0 Å². The van der Waals surface area contributed by atoms with Crippen LogP contribution in [0.15, 0.2) is 24.3 Å². The van der Waals surface area contributed by atoms with Crippen LogP contribution in [0.5, 0.6) is 0 Å². The molecule has 0 aliphatic carbocycles. The predicted octanol–water partition coefficient (Wildman–Crippen LogP) is 2.50. The minimum Gasteiger partial charge on any atom is -0.335 e. The minimum absolute atomic E-state index is 0.0993. The molecular formula is C18H22F3N3O3. The largest absolute Gasteiger partial charge is 0.418 e. The second kappa shape index (κ2) is 8.88. The molecule has 6 nitrogen and oxygen atoms in total. The van der Waals surface area contributed by atoms with Crippen molar-refractivity contribution in [3.63, 3.8) is 0 Å². The third-order valence-electron chi connectivity index (χ3n) is 4.31. The van der Waals surface area contributed by atoms with Gasteiger partial charge in [-0.3, -0.25) is 14.4 Å². The van der Waals surface area contributed by atoms with Crippen LogP contribution < -0.4 is 5.32 Å². The second-order valence-corrected chi connectivity index (χ2v) is 6.47. The van der Waals surface area contributed by atoms with Gasteiger partial charge >= 0.3 is 6.18 Å². The number of nitrogens with one attached hydrogen (secondary N) is 1. The van der Waals surface area contributed by atoms with Gasteiger partial charge in [0.1, 0.15) is 0 Å². The van der Waals surface area contributed by atoms with E-state index in [2.05, 4.69) is 5.32 Å². The average molecular weight is 385 g/mol. The summed E-state index contributed by atoms with van der Waals surface area (Å²) >= 11 is 0. The van der Waals surface area contributed by atoms with Gasteiger partial charge in [-0.1, -0.05) is 18.6 Å². The molecule has 1 N–H and O–H groups in total. The first-order valence-electron chi connectivity index (χ1n) is 8.66. The van der Waals surface area contributed by atoms with Gasteiger partial charge in [-0.05, 0) is 25.0 Å². The Morgan fingerprint density at radius 1 is 1.19 bits per heavy atom.